The zero-order valence-electron chi connectivity index (χ0n) is 12.2. The molecule has 1 aliphatic carbocycles. The van der Waals surface area contributed by atoms with E-state index in [2.05, 4.69) is 11.9 Å². The normalized spacial score (nSPS) is 17.4. The molecule has 1 rings (SSSR count). The Morgan fingerprint density at radius 3 is 2.50 bits per heavy atom. The maximum Gasteiger partial charge on any atom is 0.310 e. The van der Waals surface area contributed by atoms with Crippen molar-refractivity contribution in [2.75, 3.05) is 19.8 Å². The minimum Gasteiger partial charge on any atom is -0.481 e. The highest BCUT2D eigenvalue weighted by atomic mass is 16.5. The molecule has 1 amide bonds. The maximum absolute atomic E-state index is 11.9. The molecular weight excluding hydrogens is 258 g/mol. The first-order chi connectivity index (χ1) is 9.46. The van der Waals surface area contributed by atoms with Gasteiger partial charge in [0.05, 0.1) is 18.6 Å². The molecule has 20 heavy (non-hydrogen) atoms. The van der Waals surface area contributed by atoms with E-state index in [0.29, 0.717) is 32.6 Å². The van der Waals surface area contributed by atoms with Crippen molar-refractivity contribution in [1.82, 2.24) is 5.32 Å². The van der Waals surface area contributed by atoms with Crippen molar-refractivity contribution < 1.29 is 19.4 Å². The molecule has 0 atom stereocenters. The lowest BCUT2D eigenvalue weighted by atomic mass is 9.71. The van der Waals surface area contributed by atoms with Crippen LogP contribution >= 0.6 is 0 Å². The number of carboxylic acid groups (broad SMARTS) is 1. The molecule has 0 unspecified atom stereocenters. The van der Waals surface area contributed by atoms with Crippen molar-refractivity contribution in [2.24, 2.45) is 5.41 Å². The minimum absolute atomic E-state index is 0.0722. The van der Waals surface area contributed by atoms with Gasteiger partial charge in [-0.2, -0.15) is 0 Å². The van der Waals surface area contributed by atoms with Gasteiger partial charge in [-0.1, -0.05) is 31.4 Å². The summed E-state index contributed by atoms with van der Waals surface area (Å²) in [6.07, 6.45) is 4.11. The highest BCUT2D eigenvalue weighted by Gasteiger charge is 2.41. The quantitative estimate of drug-likeness (QED) is 0.528. The third-order valence-electron chi connectivity index (χ3n) is 3.68. The lowest BCUT2D eigenvalue weighted by Crippen LogP contribution is -2.39. The zero-order valence-corrected chi connectivity index (χ0v) is 12.2. The fraction of sp³-hybridized carbons (Fsp3) is 0.733. The van der Waals surface area contributed by atoms with Crippen LogP contribution in [-0.2, 0) is 14.3 Å². The topological polar surface area (TPSA) is 75.6 Å². The highest BCUT2D eigenvalue weighted by Crippen LogP contribution is 2.39. The van der Waals surface area contributed by atoms with Gasteiger partial charge >= 0.3 is 5.97 Å². The first kappa shape index (κ1) is 16.7. The SMILES string of the molecule is C=C(C)COCCNC(=O)CC1(C(=O)O)CCCCC1. The number of carbonyl (C=O) groups is 2. The number of nitrogens with one attached hydrogen (secondary N) is 1. The second kappa shape index (κ2) is 8.04. The summed E-state index contributed by atoms with van der Waals surface area (Å²) in [6.45, 7) is 6.89. The highest BCUT2D eigenvalue weighted by molar-refractivity contribution is 5.85. The van der Waals surface area contributed by atoms with Gasteiger partial charge in [0.15, 0.2) is 0 Å². The molecule has 0 aromatic heterocycles. The number of amides is 1. The Hall–Kier alpha value is -1.36. The molecule has 0 aromatic rings. The first-order valence-corrected chi connectivity index (χ1v) is 7.18. The molecule has 5 nitrogen and oxygen atoms in total. The van der Waals surface area contributed by atoms with Crippen LogP contribution in [0.5, 0.6) is 0 Å². The van der Waals surface area contributed by atoms with Crippen molar-refractivity contribution in [3.05, 3.63) is 12.2 Å². The predicted molar refractivity (Wildman–Crippen MR) is 76.4 cm³/mol. The Bertz CT molecular complexity index is 359. The molecule has 1 saturated carbocycles. The summed E-state index contributed by atoms with van der Waals surface area (Å²) in [5, 5.41) is 12.1. The fourth-order valence-electron chi connectivity index (χ4n) is 2.57. The van der Waals surface area contributed by atoms with Gasteiger partial charge in [-0.3, -0.25) is 9.59 Å². The monoisotopic (exact) mass is 283 g/mol. The number of aliphatic carboxylic acids is 1. The number of rotatable bonds is 8. The Labute approximate surface area is 120 Å². The van der Waals surface area contributed by atoms with E-state index in [1.165, 1.54) is 0 Å². The van der Waals surface area contributed by atoms with Crippen LogP contribution in [-0.4, -0.2) is 36.7 Å². The Morgan fingerprint density at radius 2 is 1.95 bits per heavy atom. The van der Waals surface area contributed by atoms with Crippen molar-refractivity contribution in [1.29, 1.82) is 0 Å². The molecule has 1 fully saturated rings. The van der Waals surface area contributed by atoms with E-state index in [9.17, 15) is 14.7 Å². The summed E-state index contributed by atoms with van der Waals surface area (Å²) in [4.78, 5) is 23.3. The third kappa shape index (κ3) is 5.33. The summed E-state index contributed by atoms with van der Waals surface area (Å²) < 4.78 is 5.28. The van der Waals surface area contributed by atoms with Gasteiger partial charge in [0, 0.05) is 13.0 Å². The minimum atomic E-state index is -0.860. The second-order valence-electron chi connectivity index (χ2n) is 5.68. The first-order valence-electron chi connectivity index (χ1n) is 7.18. The van der Waals surface area contributed by atoms with Crippen LogP contribution in [0.2, 0.25) is 0 Å². The Kier molecular flexibility index (Phi) is 6.71. The zero-order chi connectivity index (χ0) is 15.0. The number of hydrogen-bond acceptors (Lipinski definition) is 3. The molecule has 5 heteroatoms. The largest absolute Gasteiger partial charge is 0.481 e. The average Bonchev–Trinajstić information content (AvgIpc) is 2.38. The summed E-state index contributed by atoms with van der Waals surface area (Å²) in [5.41, 5.74) is 0.0734. The van der Waals surface area contributed by atoms with E-state index in [4.69, 9.17) is 4.74 Å². The summed E-state index contributed by atoms with van der Waals surface area (Å²) >= 11 is 0. The van der Waals surface area contributed by atoms with Crippen molar-refractivity contribution in [2.45, 2.75) is 45.4 Å². The Balaban J connectivity index is 2.32. The molecule has 0 heterocycles. The van der Waals surface area contributed by atoms with Crippen LogP contribution in [0.3, 0.4) is 0 Å². The molecule has 0 spiro atoms. The van der Waals surface area contributed by atoms with E-state index in [1.54, 1.807) is 0 Å². The average molecular weight is 283 g/mol. The standard InChI is InChI=1S/C15H25NO4/c1-12(2)11-20-9-8-16-13(17)10-15(14(18)19)6-4-3-5-7-15/h1,3-11H2,2H3,(H,16,17)(H,18,19). The van der Waals surface area contributed by atoms with Gasteiger partial charge in [0.25, 0.3) is 0 Å². The van der Waals surface area contributed by atoms with E-state index >= 15 is 0 Å². The van der Waals surface area contributed by atoms with E-state index in [1.807, 2.05) is 6.92 Å². The van der Waals surface area contributed by atoms with E-state index < -0.39 is 11.4 Å². The summed E-state index contributed by atoms with van der Waals surface area (Å²) in [6, 6.07) is 0. The molecule has 0 saturated heterocycles. The second-order valence-corrected chi connectivity index (χ2v) is 5.68. The van der Waals surface area contributed by atoms with Crippen LogP contribution in [0.15, 0.2) is 12.2 Å². The van der Waals surface area contributed by atoms with Crippen molar-refractivity contribution in [3.8, 4) is 0 Å². The van der Waals surface area contributed by atoms with Crippen LogP contribution < -0.4 is 5.32 Å². The maximum atomic E-state index is 11.9. The van der Waals surface area contributed by atoms with Crippen LogP contribution in [0, 0.1) is 5.41 Å². The van der Waals surface area contributed by atoms with Gasteiger partial charge in [0.2, 0.25) is 5.91 Å². The van der Waals surface area contributed by atoms with Crippen LogP contribution in [0.4, 0.5) is 0 Å². The summed E-state index contributed by atoms with van der Waals surface area (Å²) in [7, 11) is 0. The van der Waals surface area contributed by atoms with Gasteiger partial charge in [0.1, 0.15) is 0 Å². The van der Waals surface area contributed by atoms with Crippen LogP contribution in [0.25, 0.3) is 0 Å². The molecule has 114 valence electrons. The number of carbonyl (C=O) groups excluding carboxylic acids is 1. The molecule has 0 bridgehead atoms. The summed E-state index contributed by atoms with van der Waals surface area (Å²) in [5.74, 6) is -1.04. The van der Waals surface area contributed by atoms with Crippen LogP contribution in [0.1, 0.15) is 45.4 Å². The van der Waals surface area contributed by atoms with Gasteiger partial charge in [-0.25, -0.2) is 0 Å². The van der Waals surface area contributed by atoms with E-state index in [0.717, 1.165) is 24.8 Å². The van der Waals surface area contributed by atoms with Crippen molar-refractivity contribution >= 4 is 11.9 Å². The molecular formula is C15H25NO4. The number of hydrogen-bond donors (Lipinski definition) is 2. The molecule has 1 aliphatic rings. The van der Waals surface area contributed by atoms with Gasteiger partial charge in [-0.05, 0) is 19.8 Å². The molecule has 0 radical (unpaired) electrons. The number of carboxylic acids is 1. The lowest BCUT2D eigenvalue weighted by molar-refractivity contribution is -0.154. The van der Waals surface area contributed by atoms with E-state index in [-0.39, 0.29) is 12.3 Å². The van der Waals surface area contributed by atoms with Crippen molar-refractivity contribution in [3.63, 3.8) is 0 Å². The third-order valence-corrected chi connectivity index (χ3v) is 3.68. The van der Waals surface area contributed by atoms with Gasteiger partial charge < -0.3 is 15.2 Å². The Morgan fingerprint density at radius 1 is 1.30 bits per heavy atom. The smallest absolute Gasteiger partial charge is 0.310 e. The van der Waals surface area contributed by atoms with Gasteiger partial charge in [-0.15, -0.1) is 0 Å². The molecule has 0 aromatic carbocycles. The fourth-order valence-corrected chi connectivity index (χ4v) is 2.57. The predicted octanol–water partition coefficient (Wildman–Crippen LogP) is 2.12. The molecule has 0 aliphatic heterocycles. The lowest BCUT2D eigenvalue weighted by Gasteiger charge is -2.32. The number of ether oxygens (including phenoxy) is 1. The molecule has 2 N–H and O–H groups in total.